The van der Waals surface area contributed by atoms with Gasteiger partial charge in [0.25, 0.3) is 0 Å². The zero-order valence-electron chi connectivity index (χ0n) is 11.2. The van der Waals surface area contributed by atoms with Gasteiger partial charge in [0.05, 0.1) is 5.69 Å². The van der Waals surface area contributed by atoms with Crippen LogP contribution in [0.15, 0.2) is 12.3 Å². The summed E-state index contributed by atoms with van der Waals surface area (Å²) in [6, 6.07) is 2.47. The average Bonchev–Trinajstić information content (AvgIpc) is 3.05. The van der Waals surface area contributed by atoms with Gasteiger partial charge in [0, 0.05) is 25.7 Å². The number of aromatic nitrogens is 2. The van der Waals surface area contributed by atoms with Crippen LogP contribution in [-0.2, 0) is 13.5 Å². The Hall–Kier alpha value is -0.870. The number of aryl methyl sites for hydroxylation is 1. The van der Waals surface area contributed by atoms with Crippen LogP contribution in [0.3, 0.4) is 0 Å². The predicted octanol–water partition coefficient (Wildman–Crippen LogP) is 1.62. The molecule has 18 heavy (non-hydrogen) atoms. The van der Waals surface area contributed by atoms with E-state index in [1.54, 1.807) is 0 Å². The van der Waals surface area contributed by atoms with E-state index in [1.807, 2.05) is 17.9 Å². The van der Waals surface area contributed by atoms with Gasteiger partial charge in [-0.15, -0.1) is 0 Å². The third-order valence-corrected chi connectivity index (χ3v) is 4.93. The normalized spacial score (nSPS) is 32.0. The Bertz CT molecular complexity index is 400. The minimum atomic E-state index is 0.379. The number of nitrogens with zero attached hydrogens (tertiary/aromatic N) is 2. The van der Waals surface area contributed by atoms with Gasteiger partial charge in [-0.3, -0.25) is 16.0 Å². The van der Waals surface area contributed by atoms with Crippen LogP contribution in [0, 0.1) is 17.8 Å². The van der Waals surface area contributed by atoms with Gasteiger partial charge >= 0.3 is 0 Å². The minimum absolute atomic E-state index is 0.379. The monoisotopic (exact) mass is 248 g/mol. The molecule has 100 valence electrons. The number of fused-ring (bicyclic) bond motifs is 2. The Labute approximate surface area is 109 Å². The molecular weight excluding hydrogens is 224 g/mol. The van der Waals surface area contributed by atoms with Crippen LogP contribution in [0.1, 0.15) is 37.8 Å². The summed E-state index contributed by atoms with van der Waals surface area (Å²) in [5.41, 5.74) is 4.14. The summed E-state index contributed by atoms with van der Waals surface area (Å²) in [6.07, 6.45) is 10.0. The molecule has 1 heterocycles. The number of rotatable bonds is 5. The van der Waals surface area contributed by atoms with Crippen LogP contribution in [0.2, 0.25) is 0 Å². The molecule has 0 radical (unpaired) electrons. The summed E-state index contributed by atoms with van der Waals surface area (Å²) in [7, 11) is 1.96. The number of hydrogen-bond donors (Lipinski definition) is 2. The summed E-state index contributed by atoms with van der Waals surface area (Å²) in [4.78, 5) is 0. The second-order valence-electron chi connectivity index (χ2n) is 6.22. The highest BCUT2D eigenvalue weighted by atomic mass is 15.3. The molecule has 2 fully saturated rings. The maximum absolute atomic E-state index is 5.72. The lowest BCUT2D eigenvalue weighted by atomic mass is 9.83. The Kier molecular flexibility index (Phi) is 3.39. The van der Waals surface area contributed by atoms with Crippen molar-refractivity contribution >= 4 is 0 Å². The summed E-state index contributed by atoms with van der Waals surface area (Å²) >= 11 is 0. The third-order valence-electron chi connectivity index (χ3n) is 4.93. The number of hydrogen-bond acceptors (Lipinski definition) is 3. The van der Waals surface area contributed by atoms with Crippen molar-refractivity contribution < 1.29 is 0 Å². The first-order valence-corrected chi connectivity index (χ1v) is 7.19. The van der Waals surface area contributed by atoms with Crippen LogP contribution in [0.25, 0.3) is 0 Å². The lowest BCUT2D eigenvalue weighted by Crippen LogP contribution is -2.39. The van der Waals surface area contributed by atoms with Gasteiger partial charge in [-0.2, -0.15) is 5.10 Å². The summed E-state index contributed by atoms with van der Waals surface area (Å²) in [5, 5.41) is 4.44. The second kappa shape index (κ2) is 5.02. The maximum Gasteiger partial charge on any atom is 0.0640 e. The van der Waals surface area contributed by atoms with Crippen molar-refractivity contribution in [2.45, 2.75) is 44.6 Å². The highest BCUT2D eigenvalue weighted by molar-refractivity contribution is 5.02. The molecule has 2 bridgehead atoms. The van der Waals surface area contributed by atoms with Crippen LogP contribution in [0.4, 0.5) is 0 Å². The molecule has 0 spiro atoms. The Morgan fingerprint density at radius 1 is 1.50 bits per heavy atom. The molecule has 0 aliphatic heterocycles. The number of hydrazine groups is 1. The average molecular weight is 248 g/mol. The summed E-state index contributed by atoms with van der Waals surface area (Å²) in [6.45, 7) is 0. The molecule has 0 aromatic carbocycles. The van der Waals surface area contributed by atoms with Crippen LogP contribution in [0.5, 0.6) is 0 Å². The molecule has 2 aliphatic carbocycles. The Morgan fingerprint density at radius 2 is 2.39 bits per heavy atom. The molecule has 0 saturated heterocycles. The molecule has 0 amide bonds. The lowest BCUT2D eigenvalue weighted by molar-refractivity contribution is 0.277. The van der Waals surface area contributed by atoms with Crippen molar-refractivity contribution in [1.29, 1.82) is 0 Å². The van der Waals surface area contributed by atoms with Gasteiger partial charge < -0.3 is 0 Å². The molecule has 3 rings (SSSR count). The largest absolute Gasteiger partial charge is 0.276 e. The fourth-order valence-electron chi connectivity index (χ4n) is 4.07. The summed E-state index contributed by atoms with van der Waals surface area (Å²) < 4.78 is 1.86. The minimum Gasteiger partial charge on any atom is -0.276 e. The zero-order chi connectivity index (χ0) is 12.5. The topological polar surface area (TPSA) is 55.9 Å². The first kappa shape index (κ1) is 12.2. The molecule has 3 N–H and O–H groups in total. The van der Waals surface area contributed by atoms with E-state index >= 15 is 0 Å². The quantitative estimate of drug-likeness (QED) is 0.615. The van der Waals surface area contributed by atoms with E-state index in [4.69, 9.17) is 5.84 Å². The first-order valence-electron chi connectivity index (χ1n) is 7.19. The highest BCUT2D eigenvalue weighted by Crippen LogP contribution is 2.49. The van der Waals surface area contributed by atoms with Crippen molar-refractivity contribution in [2.24, 2.45) is 30.6 Å². The molecule has 4 atom stereocenters. The van der Waals surface area contributed by atoms with Crippen molar-refractivity contribution in [3.05, 3.63) is 18.0 Å². The highest BCUT2D eigenvalue weighted by Gasteiger charge is 2.39. The van der Waals surface area contributed by atoms with Crippen molar-refractivity contribution in [3.8, 4) is 0 Å². The third kappa shape index (κ3) is 2.45. The molecule has 4 unspecified atom stereocenters. The van der Waals surface area contributed by atoms with Gasteiger partial charge in [-0.05, 0) is 49.5 Å². The standard InChI is InChI=1S/C14H24N4/c1-18-5-4-13(17-18)9-14(16-15)8-12-7-10-2-3-11(12)6-10/h4-5,10-12,14,16H,2-3,6-9,15H2,1H3. The maximum atomic E-state index is 5.72. The van der Waals surface area contributed by atoms with E-state index in [-0.39, 0.29) is 0 Å². The van der Waals surface area contributed by atoms with E-state index in [2.05, 4.69) is 16.6 Å². The molecule has 1 aromatic heterocycles. The van der Waals surface area contributed by atoms with E-state index in [1.165, 1.54) is 32.1 Å². The number of nitrogens with one attached hydrogen (secondary N) is 1. The first-order chi connectivity index (χ1) is 8.74. The van der Waals surface area contributed by atoms with E-state index in [0.29, 0.717) is 6.04 Å². The van der Waals surface area contributed by atoms with Crippen LogP contribution < -0.4 is 11.3 Å². The SMILES string of the molecule is Cn1ccc(CC(CC2CC3CCC2C3)NN)n1. The van der Waals surface area contributed by atoms with Crippen LogP contribution in [-0.4, -0.2) is 15.8 Å². The van der Waals surface area contributed by atoms with E-state index < -0.39 is 0 Å². The van der Waals surface area contributed by atoms with Crippen molar-refractivity contribution in [3.63, 3.8) is 0 Å². The lowest BCUT2D eigenvalue weighted by Gasteiger charge is -2.26. The fraction of sp³-hybridized carbons (Fsp3) is 0.786. The molecule has 1 aromatic rings. The van der Waals surface area contributed by atoms with E-state index in [9.17, 15) is 0 Å². The molecule has 2 saturated carbocycles. The molecular formula is C14H24N4. The molecule has 4 nitrogen and oxygen atoms in total. The zero-order valence-corrected chi connectivity index (χ0v) is 11.2. The van der Waals surface area contributed by atoms with Crippen molar-refractivity contribution in [2.75, 3.05) is 0 Å². The second-order valence-corrected chi connectivity index (χ2v) is 6.22. The van der Waals surface area contributed by atoms with E-state index in [0.717, 1.165) is 29.9 Å². The summed E-state index contributed by atoms with van der Waals surface area (Å²) in [5.74, 6) is 8.62. The van der Waals surface area contributed by atoms with Gasteiger partial charge in [-0.25, -0.2) is 0 Å². The van der Waals surface area contributed by atoms with Crippen molar-refractivity contribution in [1.82, 2.24) is 15.2 Å². The number of nitrogens with two attached hydrogens (primary N) is 1. The van der Waals surface area contributed by atoms with Gasteiger partial charge in [0.15, 0.2) is 0 Å². The predicted molar refractivity (Wildman–Crippen MR) is 71.6 cm³/mol. The molecule has 4 heteroatoms. The Morgan fingerprint density at radius 3 is 2.94 bits per heavy atom. The smallest absolute Gasteiger partial charge is 0.0640 e. The van der Waals surface area contributed by atoms with Gasteiger partial charge in [-0.1, -0.05) is 6.42 Å². The molecule has 2 aliphatic rings. The van der Waals surface area contributed by atoms with Crippen LogP contribution >= 0.6 is 0 Å². The fourth-order valence-corrected chi connectivity index (χ4v) is 4.07. The van der Waals surface area contributed by atoms with Gasteiger partial charge in [0.2, 0.25) is 0 Å². The van der Waals surface area contributed by atoms with Gasteiger partial charge in [0.1, 0.15) is 0 Å². The Balaban J connectivity index is 1.56.